The summed E-state index contributed by atoms with van der Waals surface area (Å²) in [5.74, 6) is -7.99. The number of carbonyl (C=O) groups is 15. The average molecular weight is 1400 g/mol. The van der Waals surface area contributed by atoms with E-state index in [0.717, 1.165) is 43.0 Å². The monoisotopic (exact) mass is 1400 g/mol. The third-order valence-electron chi connectivity index (χ3n) is 14.4. The van der Waals surface area contributed by atoms with Crippen LogP contribution in [0.15, 0.2) is 24.3 Å². The van der Waals surface area contributed by atoms with Crippen LogP contribution in [0.3, 0.4) is 0 Å². The minimum absolute atomic E-state index is 0.0123. The molecule has 95 heavy (non-hydrogen) atoms. The molecule has 3 saturated heterocycles. The van der Waals surface area contributed by atoms with Gasteiger partial charge in [-0.1, -0.05) is 33.7 Å². The lowest BCUT2D eigenvalue weighted by Crippen LogP contribution is -2.53. The van der Waals surface area contributed by atoms with E-state index in [1.54, 1.807) is 24.3 Å². The Balaban J connectivity index is 1.09. The molecule has 34 heteroatoms. The van der Waals surface area contributed by atoms with E-state index in [1.165, 1.54) is 33.4 Å². The molecule has 4 rings (SSSR count). The zero-order valence-corrected chi connectivity index (χ0v) is 56.5. The number of benzene rings is 1. The molecule has 0 saturated carbocycles. The van der Waals surface area contributed by atoms with Crippen molar-refractivity contribution in [2.24, 2.45) is 5.41 Å². The number of β-lactam (4-membered cyclic amide) rings is 1. The number of hydrogen-bond acceptors (Lipinski definition) is 27. The first kappa shape index (κ1) is 81.0. The highest BCUT2D eigenvalue weighted by Gasteiger charge is 2.57. The molecule has 0 aliphatic carbocycles. The number of thioether (sulfide) groups is 1. The van der Waals surface area contributed by atoms with E-state index in [0.29, 0.717) is 51.5 Å². The zero-order chi connectivity index (χ0) is 69.6. The van der Waals surface area contributed by atoms with Crippen LogP contribution < -0.4 is 26.6 Å². The molecule has 3 heterocycles. The van der Waals surface area contributed by atoms with Crippen LogP contribution in [0.4, 0.5) is 5.69 Å². The number of hydrogen-bond donors (Lipinski definition) is 5. The Morgan fingerprint density at radius 3 is 1.59 bits per heavy atom. The van der Waals surface area contributed by atoms with Crippen molar-refractivity contribution in [3.8, 4) is 0 Å². The molecule has 1 aromatic carbocycles. The van der Waals surface area contributed by atoms with E-state index in [9.17, 15) is 71.9 Å². The summed E-state index contributed by atoms with van der Waals surface area (Å²) >= 11 is 1.06. The molecule has 3 aliphatic heterocycles. The molecule has 1 aromatic rings. The van der Waals surface area contributed by atoms with Crippen molar-refractivity contribution in [3.05, 3.63) is 29.8 Å². The normalized spacial score (nSPS) is 15.2. The van der Waals surface area contributed by atoms with Gasteiger partial charge in [0.2, 0.25) is 58.6 Å². The van der Waals surface area contributed by atoms with E-state index in [1.807, 2.05) is 0 Å². The van der Waals surface area contributed by atoms with Gasteiger partial charge in [0.25, 0.3) is 0 Å². The predicted octanol–water partition coefficient (Wildman–Crippen LogP) is -0.708. The van der Waals surface area contributed by atoms with Crippen molar-refractivity contribution in [2.75, 3.05) is 163 Å². The van der Waals surface area contributed by atoms with Crippen molar-refractivity contribution < 1.29 is 115 Å². The lowest BCUT2D eigenvalue weighted by Gasteiger charge is -2.28. The maximum Gasteiger partial charge on any atom is 0.250 e. The fraction of sp³-hybridized carbons (Fsp3) is 0.656. The Hall–Kier alpha value is -6.44. The second-order valence-corrected chi connectivity index (χ2v) is 25.6. The van der Waals surface area contributed by atoms with Gasteiger partial charge in [-0.2, -0.15) is 0 Å². The topological polar surface area (TPSA) is 406 Å². The number of rotatable bonds is 55. The van der Waals surface area contributed by atoms with E-state index in [2.05, 4.69) is 26.6 Å². The van der Waals surface area contributed by atoms with Crippen molar-refractivity contribution in [3.63, 3.8) is 0 Å². The van der Waals surface area contributed by atoms with Gasteiger partial charge >= 0.3 is 0 Å². The number of ether oxygens (including phenoxy) is 9. The molecule has 0 radical (unpaired) electrons. The average Bonchev–Trinajstić information content (AvgIpc) is 1.73. The molecule has 0 bridgehead atoms. The molecule has 0 spiro atoms. The highest BCUT2D eigenvalue weighted by molar-refractivity contribution is 8.94. The maximum absolute atomic E-state index is 13.4. The fourth-order valence-corrected chi connectivity index (χ4v) is 12.5. The Morgan fingerprint density at radius 1 is 0.568 bits per heavy atom. The van der Waals surface area contributed by atoms with Gasteiger partial charge in [-0.15, -0.1) is 11.8 Å². The number of nitrogens with one attached hydrogen (secondary N) is 5. The third-order valence-corrected chi connectivity index (χ3v) is 18.7. The molecule has 1 unspecified atom stereocenters. The van der Waals surface area contributed by atoms with Gasteiger partial charge < -0.3 is 69.2 Å². The highest BCUT2D eigenvalue weighted by atomic mass is 33.2. The molecule has 5 N–H and O–H groups in total. The number of aryl methyl sites for hydroxylation is 1. The summed E-state index contributed by atoms with van der Waals surface area (Å²) in [5.41, 5.74) is -1.07. The Kier molecular flexibility index (Phi) is 37.9. The summed E-state index contributed by atoms with van der Waals surface area (Å²) in [6.45, 7) is 6.40. The molecule has 9 amide bonds. The van der Waals surface area contributed by atoms with Crippen molar-refractivity contribution in [1.82, 2.24) is 31.1 Å². The SMILES string of the molecule is CC(=O)C1(C(=O)CCOCCOCCOCCOCCNC(=O)CCN2C(=O)CC(SCCC(=O)N[C@@H](CNC(=O)COCC(=O)Nc3ccc(CCC(=O)N4CCC4=O)cc3)C(=O)NCCOCCOCCOCCOCCC(=O)C(C(C)=O)(C(C)=O)C(C)=O)C2=O)SS1. The quantitative estimate of drug-likeness (QED) is 0.0134. The maximum atomic E-state index is 13.4. The number of ketones is 6. The van der Waals surface area contributed by atoms with Crippen LogP contribution in [0.2, 0.25) is 0 Å². The number of amides is 9. The summed E-state index contributed by atoms with van der Waals surface area (Å²) in [7, 11) is 2.54. The minimum atomic E-state index is -2.32. The number of nitrogens with zero attached hydrogens (tertiary/aromatic N) is 2. The number of anilines is 1. The molecule has 3 aliphatic rings. The van der Waals surface area contributed by atoms with Crippen LogP contribution in [0.25, 0.3) is 0 Å². The van der Waals surface area contributed by atoms with Gasteiger partial charge in [-0.25, -0.2) is 0 Å². The van der Waals surface area contributed by atoms with Gasteiger partial charge in [-0.05, 0) is 51.8 Å². The molecule has 528 valence electrons. The zero-order valence-electron chi connectivity index (χ0n) is 54.0. The van der Waals surface area contributed by atoms with Crippen LogP contribution >= 0.6 is 33.3 Å². The summed E-state index contributed by atoms with van der Waals surface area (Å²) in [6.07, 6.45) is 0.284. The second kappa shape index (κ2) is 44.4. The lowest BCUT2D eigenvalue weighted by molar-refractivity contribution is -0.155. The van der Waals surface area contributed by atoms with Crippen LogP contribution in [-0.2, 0) is 121 Å². The van der Waals surface area contributed by atoms with Crippen LogP contribution in [0, 0.1) is 5.41 Å². The molecule has 0 aromatic heterocycles. The summed E-state index contributed by atoms with van der Waals surface area (Å²) < 4.78 is 47.9. The molecular formula is C61H87N7O24S3. The van der Waals surface area contributed by atoms with Crippen LogP contribution in [-0.4, -0.2) is 270 Å². The summed E-state index contributed by atoms with van der Waals surface area (Å²) in [5, 5.41) is 12.2. The van der Waals surface area contributed by atoms with Gasteiger partial charge in [-0.3, -0.25) is 81.7 Å². The highest BCUT2D eigenvalue weighted by Crippen LogP contribution is 2.66. The number of Topliss-reactive ketones (excluding diaryl/α,β-unsaturated/α-hetero) is 6. The predicted molar refractivity (Wildman–Crippen MR) is 342 cm³/mol. The van der Waals surface area contributed by atoms with Gasteiger partial charge in [0.1, 0.15) is 19.3 Å². The third kappa shape index (κ3) is 29.0. The largest absolute Gasteiger partial charge is 0.379 e. The van der Waals surface area contributed by atoms with E-state index < -0.39 is 105 Å². The van der Waals surface area contributed by atoms with E-state index >= 15 is 0 Å². The van der Waals surface area contributed by atoms with Crippen molar-refractivity contribution in [1.29, 1.82) is 0 Å². The van der Waals surface area contributed by atoms with Crippen LogP contribution in [0.1, 0.15) is 78.2 Å². The van der Waals surface area contributed by atoms with E-state index in [-0.39, 0.29) is 167 Å². The standard InChI is InChI=1S/C61H87N7O24S3/c1-41(69)60(42(2)70,43(3)71)49(73)13-20-84-24-28-88-32-35-91-31-27-87-23-17-63-58(82)47(38-64-53(77)39-92-40-54(78)65-46-8-5-45(6-9-46)7-10-55(79)67-19-12-56(67)80)66-52(76)15-36-93-48-37-57(81)68(59(48)83)18-11-51(75)62-16-22-86-26-30-90-34-33-89-29-25-85-21-14-50(74)61(44(4)72)94-95-61/h5-6,8-9,47-48H,7,10-40H2,1-4H3,(H,62,75)(H,63,82)(H,64,77)(H,65,78)(H,66,76)/t47-,48?/m0/s1. The van der Waals surface area contributed by atoms with Crippen LogP contribution in [0.5, 0.6) is 0 Å². The lowest BCUT2D eigenvalue weighted by atomic mass is 9.72. The first-order valence-electron chi connectivity index (χ1n) is 31.0. The molecule has 3 fully saturated rings. The second-order valence-electron chi connectivity index (χ2n) is 21.4. The first-order valence-corrected chi connectivity index (χ1v) is 34.2. The Labute approximate surface area is 562 Å². The number of imide groups is 2. The minimum Gasteiger partial charge on any atom is -0.379 e. The number of likely N-dealkylation sites (tertiary alicyclic amines) is 2. The smallest absolute Gasteiger partial charge is 0.250 e. The van der Waals surface area contributed by atoms with E-state index in [4.69, 9.17) is 42.6 Å². The first-order chi connectivity index (χ1) is 45.5. The summed E-state index contributed by atoms with van der Waals surface area (Å²) in [6, 6.07) is 5.40. The fourth-order valence-electron chi connectivity index (χ4n) is 9.13. The van der Waals surface area contributed by atoms with Crippen molar-refractivity contribution in [2.45, 2.75) is 94.4 Å². The van der Waals surface area contributed by atoms with Gasteiger partial charge in [0.05, 0.1) is 111 Å². The molecular weight excluding hydrogens is 1310 g/mol. The van der Waals surface area contributed by atoms with Gasteiger partial charge in [0, 0.05) is 89.1 Å². The number of carbonyl (C=O) groups excluding carboxylic acids is 15. The Bertz CT molecular complexity index is 2770. The van der Waals surface area contributed by atoms with Gasteiger partial charge in [0.15, 0.2) is 38.8 Å². The van der Waals surface area contributed by atoms with Crippen molar-refractivity contribution >= 4 is 127 Å². The molecule has 31 nitrogen and oxygen atoms in total. The Morgan fingerprint density at radius 2 is 1.08 bits per heavy atom. The molecule has 2 atom stereocenters. The summed E-state index contributed by atoms with van der Waals surface area (Å²) in [4.78, 5) is 189.